The third-order valence-electron chi connectivity index (χ3n) is 1.99. The zero-order valence-electron chi connectivity index (χ0n) is 8.77. The Labute approximate surface area is 94.3 Å². The first-order valence-corrected chi connectivity index (χ1v) is 5.13. The van der Waals surface area contributed by atoms with Crippen LogP contribution >= 0.6 is 11.6 Å². The molecule has 0 aromatic heterocycles. The number of benzene rings is 1. The van der Waals surface area contributed by atoms with Crippen molar-refractivity contribution in [3.8, 4) is 5.75 Å². The van der Waals surface area contributed by atoms with Crippen LogP contribution in [0.2, 0.25) is 0 Å². The normalized spacial score (nSPS) is 12.2. The van der Waals surface area contributed by atoms with Gasteiger partial charge in [0.2, 0.25) is 0 Å². The van der Waals surface area contributed by atoms with Gasteiger partial charge in [0.05, 0.1) is 0 Å². The first kappa shape index (κ1) is 11.9. The smallest absolute Gasteiger partial charge is 0.253 e. The molecule has 1 N–H and O–H groups in total. The van der Waals surface area contributed by atoms with Gasteiger partial charge in [-0.1, -0.05) is 0 Å². The average Bonchev–Trinajstić information content (AvgIpc) is 2.17. The predicted molar refractivity (Wildman–Crippen MR) is 60.4 cm³/mol. The van der Waals surface area contributed by atoms with Crippen LogP contribution in [0.5, 0.6) is 5.75 Å². The van der Waals surface area contributed by atoms with Crippen molar-refractivity contribution in [1.82, 2.24) is 4.90 Å². The van der Waals surface area contributed by atoms with Gasteiger partial charge >= 0.3 is 0 Å². The molecule has 1 aromatic carbocycles. The number of amides is 1. The van der Waals surface area contributed by atoms with E-state index >= 15 is 0 Å². The molecule has 0 aliphatic heterocycles. The minimum Gasteiger partial charge on any atom is -0.508 e. The third-order valence-corrected chi connectivity index (χ3v) is 2.12. The molecule has 1 atom stereocenters. The van der Waals surface area contributed by atoms with E-state index < -0.39 is 0 Å². The van der Waals surface area contributed by atoms with Gasteiger partial charge in [-0.3, -0.25) is 4.79 Å². The van der Waals surface area contributed by atoms with Gasteiger partial charge in [0, 0.05) is 24.5 Å². The standard InChI is InChI=1S/C11H14ClNO2/c1-8(12)7-13(2)11(15)9-3-5-10(14)6-4-9/h3-6,8,14H,7H2,1-2H3. The van der Waals surface area contributed by atoms with Gasteiger partial charge in [-0.25, -0.2) is 0 Å². The van der Waals surface area contributed by atoms with E-state index in [1.54, 1.807) is 24.1 Å². The van der Waals surface area contributed by atoms with Crippen molar-refractivity contribution in [2.75, 3.05) is 13.6 Å². The van der Waals surface area contributed by atoms with Crippen LogP contribution in [0.1, 0.15) is 17.3 Å². The average molecular weight is 228 g/mol. The van der Waals surface area contributed by atoms with Crippen molar-refractivity contribution in [3.05, 3.63) is 29.8 Å². The fourth-order valence-corrected chi connectivity index (χ4v) is 1.49. The molecule has 0 aliphatic rings. The molecule has 3 nitrogen and oxygen atoms in total. The molecule has 15 heavy (non-hydrogen) atoms. The summed E-state index contributed by atoms with van der Waals surface area (Å²) >= 11 is 5.80. The van der Waals surface area contributed by atoms with Crippen molar-refractivity contribution in [1.29, 1.82) is 0 Å². The van der Waals surface area contributed by atoms with E-state index in [2.05, 4.69) is 0 Å². The Morgan fingerprint density at radius 1 is 1.47 bits per heavy atom. The number of carbonyl (C=O) groups is 1. The highest BCUT2D eigenvalue weighted by Crippen LogP contribution is 2.11. The van der Waals surface area contributed by atoms with Crippen LogP contribution < -0.4 is 0 Å². The Kier molecular flexibility index (Phi) is 3.97. The van der Waals surface area contributed by atoms with E-state index in [4.69, 9.17) is 16.7 Å². The fraction of sp³-hybridized carbons (Fsp3) is 0.364. The summed E-state index contributed by atoms with van der Waals surface area (Å²) in [5.41, 5.74) is 0.549. The molecule has 1 rings (SSSR count). The summed E-state index contributed by atoms with van der Waals surface area (Å²) in [5, 5.41) is 9.00. The fourth-order valence-electron chi connectivity index (χ4n) is 1.28. The van der Waals surface area contributed by atoms with Crippen LogP contribution in [-0.2, 0) is 0 Å². The van der Waals surface area contributed by atoms with Crippen molar-refractivity contribution >= 4 is 17.5 Å². The number of phenolic OH excluding ortho intramolecular Hbond substituents is 1. The molecular formula is C11H14ClNO2. The minimum absolute atomic E-state index is 0.0731. The number of hydrogen-bond acceptors (Lipinski definition) is 2. The summed E-state index contributed by atoms with van der Waals surface area (Å²) in [6.07, 6.45) is 0. The predicted octanol–water partition coefficient (Wildman–Crippen LogP) is 2.09. The molecule has 0 fully saturated rings. The van der Waals surface area contributed by atoms with E-state index in [-0.39, 0.29) is 17.0 Å². The van der Waals surface area contributed by atoms with Crippen LogP contribution in [0, 0.1) is 0 Å². The Hall–Kier alpha value is -1.22. The quantitative estimate of drug-likeness (QED) is 0.804. The molecule has 0 spiro atoms. The molecule has 0 saturated heterocycles. The summed E-state index contributed by atoms with van der Waals surface area (Å²) < 4.78 is 0. The van der Waals surface area contributed by atoms with Crippen LogP contribution in [0.25, 0.3) is 0 Å². The number of rotatable bonds is 3. The van der Waals surface area contributed by atoms with Crippen molar-refractivity contribution < 1.29 is 9.90 Å². The molecule has 0 aliphatic carbocycles. The van der Waals surface area contributed by atoms with E-state index in [0.29, 0.717) is 12.1 Å². The maximum Gasteiger partial charge on any atom is 0.253 e. The van der Waals surface area contributed by atoms with Gasteiger partial charge in [0.25, 0.3) is 5.91 Å². The molecule has 4 heteroatoms. The summed E-state index contributed by atoms with van der Waals surface area (Å²) in [7, 11) is 1.70. The van der Waals surface area contributed by atoms with E-state index in [9.17, 15) is 4.79 Å². The molecule has 0 saturated carbocycles. The van der Waals surface area contributed by atoms with E-state index in [0.717, 1.165) is 0 Å². The topological polar surface area (TPSA) is 40.5 Å². The van der Waals surface area contributed by atoms with Gasteiger partial charge in [0.1, 0.15) is 5.75 Å². The second kappa shape index (κ2) is 5.03. The summed E-state index contributed by atoms with van der Waals surface area (Å²) in [6.45, 7) is 2.34. The molecule has 82 valence electrons. The van der Waals surface area contributed by atoms with Gasteiger partial charge in [-0.15, -0.1) is 11.6 Å². The van der Waals surface area contributed by atoms with Gasteiger partial charge in [-0.05, 0) is 31.2 Å². The second-order valence-electron chi connectivity index (χ2n) is 3.51. The van der Waals surface area contributed by atoms with Gasteiger partial charge in [-0.2, -0.15) is 0 Å². The molecule has 1 aromatic rings. The van der Waals surface area contributed by atoms with Crippen LogP contribution in [0.15, 0.2) is 24.3 Å². The second-order valence-corrected chi connectivity index (χ2v) is 4.26. The van der Waals surface area contributed by atoms with Gasteiger partial charge in [0.15, 0.2) is 0 Å². The van der Waals surface area contributed by atoms with E-state index in [1.165, 1.54) is 12.1 Å². The maximum atomic E-state index is 11.8. The SMILES string of the molecule is CC(Cl)CN(C)C(=O)c1ccc(O)cc1. The molecule has 1 amide bonds. The first-order chi connectivity index (χ1) is 7.00. The Morgan fingerprint density at radius 3 is 2.47 bits per heavy atom. The first-order valence-electron chi connectivity index (χ1n) is 4.69. The molecular weight excluding hydrogens is 214 g/mol. The molecule has 0 radical (unpaired) electrons. The summed E-state index contributed by atoms with van der Waals surface area (Å²) in [4.78, 5) is 13.3. The van der Waals surface area contributed by atoms with Crippen LogP contribution in [0.3, 0.4) is 0 Å². The number of nitrogens with zero attached hydrogens (tertiary/aromatic N) is 1. The Bertz CT molecular complexity index is 335. The zero-order chi connectivity index (χ0) is 11.4. The van der Waals surface area contributed by atoms with E-state index in [1.807, 2.05) is 6.92 Å². The largest absolute Gasteiger partial charge is 0.508 e. The van der Waals surface area contributed by atoms with Crippen molar-refractivity contribution in [2.24, 2.45) is 0 Å². The maximum absolute atomic E-state index is 11.8. The third kappa shape index (κ3) is 3.44. The number of halogens is 1. The Balaban J connectivity index is 2.72. The number of phenols is 1. The van der Waals surface area contributed by atoms with Crippen LogP contribution in [-0.4, -0.2) is 34.9 Å². The number of aromatic hydroxyl groups is 1. The van der Waals surface area contributed by atoms with Gasteiger partial charge < -0.3 is 10.0 Å². The van der Waals surface area contributed by atoms with Crippen LogP contribution in [0.4, 0.5) is 0 Å². The lowest BCUT2D eigenvalue weighted by molar-refractivity contribution is 0.0796. The number of alkyl halides is 1. The lowest BCUT2D eigenvalue weighted by atomic mass is 10.2. The highest BCUT2D eigenvalue weighted by Gasteiger charge is 2.12. The van der Waals surface area contributed by atoms with Crippen molar-refractivity contribution in [2.45, 2.75) is 12.3 Å². The summed E-state index contributed by atoms with van der Waals surface area (Å²) in [5.74, 6) is 0.0578. The Morgan fingerprint density at radius 2 is 2.00 bits per heavy atom. The van der Waals surface area contributed by atoms with Crippen molar-refractivity contribution in [3.63, 3.8) is 0 Å². The molecule has 0 bridgehead atoms. The number of hydrogen-bond donors (Lipinski definition) is 1. The minimum atomic E-state index is -0.0949. The summed E-state index contributed by atoms with van der Waals surface area (Å²) in [6, 6.07) is 6.16. The molecule has 1 unspecified atom stereocenters. The monoisotopic (exact) mass is 227 g/mol. The zero-order valence-corrected chi connectivity index (χ0v) is 9.53. The highest BCUT2D eigenvalue weighted by molar-refractivity contribution is 6.20. The number of carbonyl (C=O) groups excluding carboxylic acids is 1. The molecule has 0 heterocycles. The highest BCUT2D eigenvalue weighted by atomic mass is 35.5. The lowest BCUT2D eigenvalue weighted by Crippen LogP contribution is -2.31. The lowest BCUT2D eigenvalue weighted by Gasteiger charge is -2.18.